The lowest BCUT2D eigenvalue weighted by Gasteiger charge is -2.45. The molecule has 0 radical (unpaired) electrons. The van der Waals surface area contributed by atoms with Gasteiger partial charge < -0.3 is 13.9 Å². The van der Waals surface area contributed by atoms with Gasteiger partial charge in [-0.05, 0) is 36.9 Å². The molecule has 1 aromatic rings. The Kier molecular flexibility index (Phi) is 5.19. The molecule has 140 valence electrons. The topological polar surface area (TPSA) is 27.7 Å². The second-order valence-corrected chi connectivity index (χ2v) is 14.4. The zero-order valence-electron chi connectivity index (χ0n) is 16.7. The van der Waals surface area contributed by atoms with Crippen LogP contribution in [0.5, 0.6) is 0 Å². The lowest BCUT2D eigenvalue weighted by molar-refractivity contribution is -0.123. The molecule has 3 nitrogen and oxygen atoms in total. The van der Waals surface area contributed by atoms with E-state index in [4.69, 9.17) is 13.9 Å². The number of ether oxygens (including phenoxy) is 2. The third kappa shape index (κ3) is 4.18. The molecule has 0 amide bonds. The van der Waals surface area contributed by atoms with Gasteiger partial charge in [0, 0.05) is 18.1 Å². The highest BCUT2D eigenvalue weighted by Crippen LogP contribution is 2.47. The van der Waals surface area contributed by atoms with Crippen LogP contribution in [0.15, 0.2) is 30.3 Å². The fourth-order valence-corrected chi connectivity index (χ4v) is 5.31. The molecule has 0 aromatic heterocycles. The summed E-state index contributed by atoms with van der Waals surface area (Å²) in [5.41, 5.74) is 0.921. The van der Waals surface area contributed by atoms with E-state index in [-0.39, 0.29) is 23.0 Å². The van der Waals surface area contributed by atoms with Crippen molar-refractivity contribution in [2.75, 3.05) is 6.61 Å². The van der Waals surface area contributed by atoms with Crippen molar-refractivity contribution in [3.8, 4) is 0 Å². The summed E-state index contributed by atoms with van der Waals surface area (Å²) in [7, 11) is -1.77. The van der Waals surface area contributed by atoms with Crippen LogP contribution in [0.1, 0.15) is 58.8 Å². The van der Waals surface area contributed by atoms with Gasteiger partial charge >= 0.3 is 0 Å². The maximum atomic E-state index is 6.74. The standard InChI is InChI=1S/C21H34O3Si/c1-16-12-18(24-25(5,6)20(2,3)4)14-21(13-16)15-22-19(23-21)17-10-8-7-9-11-17/h7-11,16,18-19H,12-15H2,1-6H3/t16-,18-,19?,21+/m0/s1. The first kappa shape index (κ1) is 19.1. The summed E-state index contributed by atoms with van der Waals surface area (Å²) in [6.45, 7) is 14.6. The average Bonchev–Trinajstić information content (AvgIpc) is 2.89. The van der Waals surface area contributed by atoms with E-state index in [2.05, 4.69) is 52.9 Å². The Morgan fingerprint density at radius 3 is 2.44 bits per heavy atom. The number of hydrogen-bond donors (Lipinski definition) is 0. The number of hydrogen-bond acceptors (Lipinski definition) is 3. The van der Waals surface area contributed by atoms with Crippen molar-refractivity contribution in [2.24, 2.45) is 5.92 Å². The molecule has 1 aliphatic carbocycles. The van der Waals surface area contributed by atoms with Crippen LogP contribution in [0.4, 0.5) is 0 Å². The first-order valence-electron chi connectivity index (χ1n) is 9.62. The fourth-order valence-electron chi connectivity index (χ4n) is 3.94. The van der Waals surface area contributed by atoms with Crippen molar-refractivity contribution in [3.63, 3.8) is 0 Å². The van der Waals surface area contributed by atoms with E-state index in [1.807, 2.05) is 18.2 Å². The molecule has 1 aliphatic heterocycles. The molecule has 4 heteroatoms. The van der Waals surface area contributed by atoms with E-state index >= 15 is 0 Å². The van der Waals surface area contributed by atoms with Gasteiger partial charge in [0.05, 0.1) is 12.2 Å². The zero-order chi connectivity index (χ0) is 18.3. The normalized spacial score (nSPS) is 33.8. The maximum absolute atomic E-state index is 6.74. The second kappa shape index (κ2) is 6.80. The van der Waals surface area contributed by atoms with Crippen molar-refractivity contribution < 1.29 is 13.9 Å². The predicted octanol–water partition coefficient (Wildman–Crippen LogP) is 5.68. The molecule has 0 bridgehead atoms. The van der Waals surface area contributed by atoms with Crippen LogP contribution in [0.25, 0.3) is 0 Å². The lowest BCUT2D eigenvalue weighted by Crippen LogP contribution is -2.50. The Labute approximate surface area is 154 Å². The van der Waals surface area contributed by atoms with Crippen molar-refractivity contribution in [2.45, 2.75) is 83.1 Å². The minimum Gasteiger partial charge on any atom is -0.414 e. The molecule has 1 aromatic carbocycles. The molecular weight excluding hydrogens is 328 g/mol. The monoisotopic (exact) mass is 362 g/mol. The van der Waals surface area contributed by atoms with Gasteiger partial charge in [-0.25, -0.2) is 0 Å². The molecular formula is C21H34O3Si. The Hall–Kier alpha value is -0.683. The van der Waals surface area contributed by atoms with Crippen LogP contribution in [0, 0.1) is 5.92 Å². The fraction of sp³-hybridized carbons (Fsp3) is 0.714. The van der Waals surface area contributed by atoms with Crippen LogP contribution in [0.2, 0.25) is 18.1 Å². The summed E-state index contributed by atoms with van der Waals surface area (Å²) in [5.74, 6) is 0.599. The highest BCUT2D eigenvalue weighted by atomic mass is 28.4. The Bertz CT molecular complexity index is 581. The summed E-state index contributed by atoms with van der Waals surface area (Å²) >= 11 is 0. The second-order valence-electron chi connectivity index (χ2n) is 9.60. The average molecular weight is 363 g/mol. The van der Waals surface area contributed by atoms with Crippen molar-refractivity contribution in [1.29, 1.82) is 0 Å². The van der Waals surface area contributed by atoms with E-state index in [1.54, 1.807) is 0 Å². The molecule has 4 atom stereocenters. The molecule has 25 heavy (non-hydrogen) atoms. The third-order valence-corrected chi connectivity index (χ3v) is 10.7. The predicted molar refractivity (Wildman–Crippen MR) is 104 cm³/mol. The number of rotatable bonds is 3. The molecule has 1 unspecified atom stereocenters. The molecule has 2 aliphatic rings. The van der Waals surface area contributed by atoms with Crippen LogP contribution >= 0.6 is 0 Å². The maximum Gasteiger partial charge on any atom is 0.192 e. The highest BCUT2D eigenvalue weighted by molar-refractivity contribution is 6.74. The van der Waals surface area contributed by atoms with E-state index in [9.17, 15) is 0 Å². The van der Waals surface area contributed by atoms with E-state index in [1.165, 1.54) is 0 Å². The van der Waals surface area contributed by atoms with E-state index in [0.29, 0.717) is 12.5 Å². The molecule has 2 fully saturated rings. The SMILES string of the molecule is C[C@H]1C[C@H](O[Si](C)(C)C(C)(C)C)C[C@@]2(COC(c3ccccc3)O2)C1. The smallest absolute Gasteiger partial charge is 0.192 e. The van der Waals surface area contributed by atoms with Gasteiger partial charge in [0.1, 0.15) is 0 Å². The van der Waals surface area contributed by atoms with Gasteiger partial charge in [-0.3, -0.25) is 0 Å². The lowest BCUT2D eigenvalue weighted by atomic mass is 9.78. The Morgan fingerprint density at radius 1 is 1.12 bits per heavy atom. The van der Waals surface area contributed by atoms with Crippen molar-refractivity contribution >= 4 is 8.32 Å². The van der Waals surface area contributed by atoms with Crippen LogP contribution in [0.3, 0.4) is 0 Å². The summed E-state index contributed by atoms with van der Waals surface area (Å²) < 4.78 is 19.3. The van der Waals surface area contributed by atoms with Gasteiger partial charge in [-0.1, -0.05) is 58.0 Å². The summed E-state index contributed by atoms with van der Waals surface area (Å²) in [6, 6.07) is 10.3. The molecule has 0 N–H and O–H groups in total. The van der Waals surface area contributed by atoms with Gasteiger partial charge in [-0.2, -0.15) is 0 Å². The molecule has 1 heterocycles. The van der Waals surface area contributed by atoms with Crippen molar-refractivity contribution in [1.82, 2.24) is 0 Å². The van der Waals surface area contributed by atoms with Crippen LogP contribution in [-0.4, -0.2) is 26.6 Å². The summed E-state index contributed by atoms with van der Waals surface area (Å²) in [5, 5.41) is 0.237. The Balaban J connectivity index is 1.71. The zero-order valence-corrected chi connectivity index (χ0v) is 17.7. The third-order valence-electron chi connectivity index (χ3n) is 6.18. The quantitative estimate of drug-likeness (QED) is 0.647. The summed E-state index contributed by atoms with van der Waals surface area (Å²) in [4.78, 5) is 0. The van der Waals surface area contributed by atoms with Crippen LogP contribution in [-0.2, 0) is 13.9 Å². The number of benzene rings is 1. The van der Waals surface area contributed by atoms with Gasteiger partial charge in [0.2, 0.25) is 0 Å². The van der Waals surface area contributed by atoms with Gasteiger partial charge in [0.25, 0.3) is 0 Å². The Morgan fingerprint density at radius 2 is 1.80 bits per heavy atom. The van der Waals surface area contributed by atoms with E-state index in [0.717, 1.165) is 24.8 Å². The minimum absolute atomic E-state index is 0.189. The highest BCUT2D eigenvalue weighted by Gasteiger charge is 2.49. The molecule has 1 spiro atoms. The van der Waals surface area contributed by atoms with Gasteiger partial charge in [-0.15, -0.1) is 0 Å². The largest absolute Gasteiger partial charge is 0.414 e. The van der Waals surface area contributed by atoms with Crippen molar-refractivity contribution in [3.05, 3.63) is 35.9 Å². The molecule has 1 saturated carbocycles. The molecule has 3 rings (SSSR count). The van der Waals surface area contributed by atoms with E-state index < -0.39 is 8.32 Å². The van der Waals surface area contributed by atoms with Gasteiger partial charge in [0.15, 0.2) is 14.6 Å². The minimum atomic E-state index is -1.77. The van der Waals surface area contributed by atoms with Crippen LogP contribution < -0.4 is 0 Å². The summed E-state index contributed by atoms with van der Waals surface area (Å²) in [6.07, 6.45) is 3.19. The first-order valence-corrected chi connectivity index (χ1v) is 12.5. The molecule has 1 saturated heterocycles. The first-order chi connectivity index (χ1) is 11.6.